The number of alkyl halides is 3. The summed E-state index contributed by atoms with van der Waals surface area (Å²) in [5, 5.41) is 9.61. The minimum absolute atomic E-state index is 0.0375. The maximum absolute atomic E-state index is 13.4. The van der Waals surface area contributed by atoms with Crippen LogP contribution < -0.4 is 9.64 Å². The molecule has 0 bridgehead atoms. The van der Waals surface area contributed by atoms with E-state index in [4.69, 9.17) is 21.6 Å². The zero-order valence-electron chi connectivity index (χ0n) is 23.0. The number of carbonyl (C=O) groups is 3. The number of benzene rings is 2. The molecule has 0 saturated carbocycles. The van der Waals surface area contributed by atoms with Gasteiger partial charge in [0, 0.05) is 42.3 Å². The van der Waals surface area contributed by atoms with Crippen molar-refractivity contribution in [2.45, 2.75) is 38.8 Å². The molecule has 0 unspecified atom stereocenters. The third kappa shape index (κ3) is 7.30. The first kappa shape index (κ1) is 31.1. The molecule has 4 rings (SSSR count). The number of anilines is 1. The molecule has 1 saturated heterocycles. The fourth-order valence-corrected chi connectivity index (χ4v) is 5.14. The van der Waals surface area contributed by atoms with E-state index in [1.807, 2.05) is 0 Å². The number of nitrogens with zero attached hydrogens (tertiary/aromatic N) is 4. The summed E-state index contributed by atoms with van der Waals surface area (Å²) in [6.45, 7) is 4.98. The van der Waals surface area contributed by atoms with Crippen LogP contribution in [-0.4, -0.2) is 66.9 Å². The molecule has 0 atom stereocenters. The standard InChI is InChI=1S/C30H30ClF3N4O4/c1-20-25(29(41)38(28(20)40)23-9-6-21(18-35)26(17-23)30(32,33)34)5-3-2-4-12-36-13-15-37(16-14-36)27(39)19-42-24-10-7-22(31)8-11-24/h6-11,17H,2-5,12-16,19H2,1H3. The molecular formula is C30H30ClF3N4O4. The lowest BCUT2D eigenvalue weighted by atomic mass is 10.0. The van der Waals surface area contributed by atoms with Gasteiger partial charge < -0.3 is 9.64 Å². The average Bonchev–Trinajstić information content (AvgIpc) is 3.18. The fraction of sp³-hybridized carbons (Fsp3) is 0.400. The summed E-state index contributed by atoms with van der Waals surface area (Å²) in [6.07, 6.45) is -2.17. The Bertz CT molecular complexity index is 1410. The van der Waals surface area contributed by atoms with Crippen LogP contribution in [0.15, 0.2) is 53.6 Å². The zero-order chi connectivity index (χ0) is 30.4. The molecule has 0 N–H and O–H groups in total. The van der Waals surface area contributed by atoms with E-state index in [-0.39, 0.29) is 23.8 Å². The smallest absolute Gasteiger partial charge is 0.417 e. The fourth-order valence-electron chi connectivity index (χ4n) is 5.02. The minimum atomic E-state index is -4.80. The molecule has 42 heavy (non-hydrogen) atoms. The molecule has 2 heterocycles. The molecule has 0 spiro atoms. The van der Waals surface area contributed by atoms with Gasteiger partial charge in [-0.05, 0) is 75.2 Å². The highest BCUT2D eigenvalue weighted by molar-refractivity contribution is 6.32. The van der Waals surface area contributed by atoms with Gasteiger partial charge >= 0.3 is 6.18 Å². The zero-order valence-corrected chi connectivity index (χ0v) is 23.8. The number of amides is 3. The lowest BCUT2D eigenvalue weighted by Gasteiger charge is -2.34. The van der Waals surface area contributed by atoms with Gasteiger partial charge in [-0.25, -0.2) is 4.90 Å². The van der Waals surface area contributed by atoms with Gasteiger partial charge in [-0.3, -0.25) is 19.3 Å². The number of rotatable bonds is 10. The lowest BCUT2D eigenvalue weighted by molar-refractivity contribution is -0.138. The highest BCUT2D eigenvalue weighted by Gasteiger charge is 2.39. The topological polar surface area (TPSA) is 93.9 Å². The Balaban J connectivity index is 1.19. The molecule has 2 aromatic carbocycles. The number of nitriles is 1. The Hall–Kier alpha value is -3.88. The molecule has 2 aliphatic heterocycles. The van der Waals surface area contributed by atoms with E-state index in [1.165, 1.54) is 19.1 Å². The molecule has 3 amide bonds. The van der Waals surface area contributed by atoms with Crippen LogP contribution in [0.25, 0.3) is 0 Å². The highest BCUT2D eigenvalue weighted by Crippen LogP contribution is 2.37. The second kappa shape index (κ2) is 13.4. The van der Waals surface area contributed by atoms with Gasteiger partial charge in [-0.15, -0.1) is 0 Å². The maximum atomic E-state index is 13.4. The summed E-state index contributed by atoms with van der Waals surface area (Å²) in [5.74, 6) is -0.776. The largest absolute Gasteiger partial charge is 0.484 e. The molecule has 2 aromatic rings. The Labute approximate surface area is 246 Å². The molecule has 0 aromatic heterocycles. The quantitative estimate of drug-likeness (QED) is 0.274. The summed E-state index contributed by atoms with van der Waals surface area (Å²) in [4.78, 5) is 43.1. The van der Waals surface area contributed by atoms with Gasteiger partial charge in [0.1, 0.15) is 5.75 Å². The molecule has 12 heteroatoms. The van der Waals surface area contributed by atoms with Gasteiger partial charge in [0.25, 0.3) is 17.7 Å². The molecule has 0 radical (unpaired) electrons. The van der Waals surface area contributed by atoms with Crippen molar-refractivity contribution < 1.29 is 32.3 Å². The molecule has 1 fully saturated rings. The Kier molecular flexibility index (Phi) is 9.91. The third-order valence-corrected chi connectivity index (χ3v) is 7.68. The van der Waals surface area contributed by atoms with Gasteiger partial charge in [0.15, 0.2) is 6.61 Å². The minimum Gasteiger partial charge on any atom is -0.484 e. The number of imide groups is 1. The van der Waals surface area contributed by atoms with Crippen molar-refractivity contribution in [2.24, 2.45) is 0 Å². The van der Waals surface area contributed by atoms with Crippen LogP contribution in [0.1, 0.15) is 43.7 Å². The lowest BCUT2D eigenvalue weighted by Crippen LogP contribution is -2.50. The van der Waals surface area contributed by atoms with Gasteiger partial charge in [0.05, 0.1) is 22.9 Å². The van der Waals surface area contributed by atoms with Crippen LogP contribution in [0.3, 0.4) is 0 Å². The van der Waals surface area contributed by atoms with Crippen molar-refractivity contribution >= 4 is 35.0 Å². The SMILES string of the molecule is CC1=C(CCCCCN2CCN(C(=O)COc3ccc(Cl)cc3)CC2)C(=O)N(c2ccc(C#N)c(C(F)(F)F)c2)C1=O. The number of halogens is 4. The van der Waals surface area contributed by atoms with Crippen LogP contribution in [0.4, 0.5) is 18.9 Å². The maximum Gasteiger partial charge on any atom is 0.417 e. The first-order valence-corrected chi connectivity index (χ1v) is 14.0. The van der Waals surface area contributed by atoms with E-state index in [9.17, 15) is 27.6 Å². The summed E-state index contributed by atoms with van der Waals surface area (Å²) >= 11 is 5.86. The molecular weight excluding hydrogens is 573 g/mol. The second-order valence-corrected chi connectivity index (χ2v) is 10.6. The van der Waals surface area contributed by atoms with E-state index < -0.39 is 29.1 Å². The molecule has 0 aliphatic carbocycles. The van der Waals surface area contributed by atoms with Crippen LogP contribution >= 0.6 is 11.6 Å². The normalized spacial score (nSPS) is 16.3. The first-order chi connectivity index (χ1) is 20.0. The summed E-state index contributed by atoms with van der Waals surface area (Å²) in [6, 6.07) is 11.1. The molecule has 222 valence electrons. The van der Waals surface area contributed by atoms with Gasteiger partial charge in [-0.1, -0.05) is 18.0 Å². The van der Waals surface area contributed by atoms with Crippen LogP contribution in [0.2, 0.25) is 5.02 Å². The Morgan fingerprint density at radius 3 is 2.33 bits per heavy atom. The number of hydrogen-bond acceptors (Lipinski definition) is 6. The Morgan fingerprint density at radius 2 is 1.69 bits per heavy atom. The van der Waals surface area contributed by atoms with Crippen molar-refractivity contribution in [1.29, 1.82) is 5.26 Å². The van der Waals surface area contributed by atoms with Crippen LogP contribution in [-0.2, 0) is 20.6 Å². The number of hydrogen-bond donors (Lipinski definition) is 0. The Morgan fingerprint density at radius 1 is 1.00 bits per heavy atom. The predicted molar refractivity (Wildman–Crippen MR) is 150 cm³/mol. The molecule has 2 aliphatic rings. The van der Waals surface area contributed by atoms with E-state index in [2.05, 4.69) is 4.90 Å². The third-order valence-electron chi connectivity index (χ3n) is 7.43. The van der Waals surface area contributed by atoms with Gasteiger partial charge in [0.2, 0.25) is 0 Å². The summed E-state index contributed by atoms with van der Waals surface area (Å²) < 4.78 is 45.7. The van der Waals surface area contributed by atoms with Gasteiger partial charge in [-0.2, -0.15) is 18.4 Å². The average molecular weight is 603 g/mol. The second-order valence-electron chi connectivity index (χ2n) is 10.2. The number of unbranched alkanes of at least 4 members (excludes halogenated alkanes) is 2. The number of carbonyl (C=O) groups excluding carboxylic acids is 3. The summed E-state index contributed by atoms with van der Waals surface area (Å²) in [7, 11) is 0. The number of ether oxygens (including phenoxy) is 1. The monoisotopic (exact) mass is 602 g/mol. The van der Waals surface area contributed by atoms with Crippen molar-refractivity contribution in [3.63, 3.8) is 0 Å². The summed E-state index contributed by atoms with van der Waals surface area (Å²) in [5.41, 5.74) is -1.46. The van der Waals surface area contributed by atoms with E-state index in [1.54, 1.807) is 29.2 Å². The highest BCUT2D eigenvalue weighted by atomic mass is 35.5. The van der Waals surface area contributed by atoms with E-state index >= 15 is 0 Å². The van der Waals surface area contributed by atoms with Crippen molar-refractivity contribution in [1.82, 2.24) is 9.80 Å². The number of piperazine rings is 1. The predicted octanol–water partition coefficient (Wildman–Crippen LogP) is 5.20. The van der Waals surface area contributed by atoms with Crippen molar-refractivity contribution in [3.8, 4) is 11.8 Å². The first-order valence-electron chi connectivity index (χ1n) is 13.6. The van der Waals surface area contributed by atoms with E-state index in [0.717, 1.165) is 43.4 Å². The molecule has 8 nitrogen and oxygen atoms in total. The van der Waals surface area contributed by atoms with Crippen molar-refractivity contribution in [2.75, 3.05) is 44.2 Å². The van der Waals surface area contributed by atoms with Crippen molar-refractivity contribution in [3.05, 3.63) is 69.8 Å². The van der Waals surface area contributed by atoms with Crippen LogP contribution in [0, 0.1) is 11.3 Å². The van der Waals surface area contributed by atoms with Crippen LogP contribution in [0.5, 0.6) is 5.75 Å². The van der Waals surface area contributed by atoms with E-state index in [0.29, 0.717) is 48.3 Å².